The maximum atomic E-state index is 9.42. The number of rotatable bonds is 6. The van der Waals surface area contributed by atoms with Gasteiger partial charge < -0.3 is 9.47 Å². The number of hydrogen-bond acceptors (Lipinski definition) is 5. The molecule has 0 saturated carbocycles. The lowest BCUT2D eigenvalue weighted by Gasteiger charge is -2.27. The summed E-state index contributed by atoms with van der Waals surface area (Å²) in [5.74, 6) is 1.10. The van der Waals surface area contributed by atoms with Crippen molar-refractivity contribution in [3.63, 3.8) is 0 Å². The molecule has 0 fully saturated rings. The van der Waals surface area contributed by atoms with Crippen molar-refractivity contribution in [2.45, 2.75) is 25.9 Å². The van der Waals surface area contributed by atoms with Crippen molar-refractivity contribution in [1.29, 1.82) is 5.26 Å². The van der Waals surface area contributed by atoms with Crippen LogP contribution in [-0.2, 0) is 12.0 Å². The molecule has 0 atom stereocenters. The summed E-state index contributed by atoms with van der Waals surface area (Å²) in [5.41, 5.74) is 2.71. The summed E-state index contributed by atoms with van der Waals surface area (Å²) in [7, 11) is 1.50. The fourth-order valence-electron chi connectivity index (χ4n) is 2.99. The van der Waals surface area contributed by atoms with Gasteiger partial charge >= 0.3 is 0 Å². The molecule has 0 N–H and O–H groups in total. The largest absolute Gasteiger partial charge is 0.494 e. The Morgan fingerprint density at radius 2 is 1.79 bits per heavy atom. The molecule has 3 aromatic rings. The topological polar surface area (TPSA) is 68.0 Å². The van der Waals surface area contributed by atoms with Gasteiger partial charge in [-0.1, -0.05) is 37.6 Å². The lowest BCUT2D eigenvalue weighted by molar-refractivity contribution is 0.301. The molecule has 3 rings (SSSR count). The van der Waals surface area contributed by atoms with Gasteiger partial charge in [0.2, 0.25) is 5.28 Å². The van der Waals surface area contributed by atoms with E-state index in [1.807, 2.05) is 36.4 Å². The summed E-state index contributed by atoms with van der Waals surface area (Å²) < 4.78 is 11.0. The standard InChI is InChI=1S/C22H19Cl2N3O2/c1-22(2,16-10-14(12-25)20(28-3)19(23)11-16)15-4-6-18(7-5-15)29-13-17-8-9-26-21(24)27-17/h4-11H,13H2,1-3H3. The molecule has 0 amide bonds. The molecule has 0 saturated heterocycles. The molecule has 29 heavy (non-hydrogen) atoms. The Kier molecular flexibility index (Phi) is 6.26. The minimum atomic E-state index is -0.375. The van der Waals surface area contributed by atoms with Gasteiger partial charge in [0.1, 0.15) is 18.4 Å². The molecule has 0 radical (unpaired) electrons. The number of nitriles is 1. The Hall–Kier alpha value is -2.81. The third-order valence-corrected chi connectivity index (χ3v) is 5.20. The van der Waals surface area contributed by atoms with E-state index in [0.717, 1.165) is 11.1 Å². The zero-order valence-electron chi connectivity index (χ0n) is 16.2. The molecule has 1 aromatic heterocycles. The van der Waals surface area contributed by atoms with Crippen LogP contribution in [0.4, 0.5) is 0 Å². The van der Waals surface area contributed by atoms with Gasteiger partial charge in [0.25, 0.3) is 0 Å². The van der Waals surface area contributed by atoms with E-state index in [-0.39, 0.29) is 10.7 Å². The summed E-state index contributed by atoms with van der Waals surface area (Å²) in [6.45, 7) is 4.45. The highest BCUT2D eigenvalue weighted by molar-refractivity contribution is 6.32. The van der Waals surface area contributed by atoms with E-state index in [2.05, 4.69) is 29.9 Å². The van der Waals surface area contributed by atoms with Crippen LogP contribution in [0.5, 0.6) is 11.5 Å². The molecule has 7 heteroatoms. The molecule has 1 heterocycles. The Balaban J connectivity index is 1.81. The second-order valence-corrected chi connectivity index (χ2v) is 7.65. The van der Waals surface area contributed by atoms with E-state index >= 15 is 0 Å². The Morgan fingerprint density at radius 1 is 1.07 bits per heavy atom. The Bertz CT molecular complexity index is 1060. The van der Waals surface area contributed by atoms with Crippen LogP contribution in [0, 0.1) is 11.3 Å². The average Bonchev–Trinajstić information content (AvgIpc) is 2.72. The molecular formula is C22H19Cl2N3O2. The first-order valence-electron chi connectivity index (χ1n) is 8.84. The monoisotopic (exact) mass is 427 g/mol. The highest BCUT2D eigenvalue weighted by atomic mass is 35.5. The third kappa shape index (κ3) is 4.61. The van der Waals surface area contributed by atoms with Crippen LogP contribution in [0.25, 0.3) is 0 Å². The van der Waals surface area contributed by atoms with Crippen molar-refractivity contribution in [3.8, 4) is 17.6 Å². The van der Waals surface area contributed by atoms with Crippen LogP contribution in [0.15, 0.2) is 48.7 Å². The minimum absolute atomic E-state index is 0.193. The van der Waals surface area contributed by atoms with Gasteiger partial charge in [0, 0.05) is 11.6 Å². The highest BCUT2D eigenvalue weighted by Gasteiger charge is 2.25. The lowest BCUT2D eigenvalue weighted by atomic mass is 9.77. The second-order valence-electron chi connectivity index (χ2n) is 6.91. The lowest BCUT2D eigenvalue weighted by Crippen LogP contribution is -2.19. The summed E-state index contributed by atoms with van der Waals surface area (Å²) in [6, 6.07) is 15.3. The molecule has 2 aromatic carbocycles. The second kappa shape index (κ2) is 8.69. The molecule has 148 valence electrons. The third-order valence-electron chi connectivity index (χ3n) is 4.74. The molecule has 0 aliphatic rings. The number of ether oxygens (including phenoxy) is 2. The van der Waals surface area contributed by atoms with Crippen LogP contribution < -0.4 is 9.47 Å². The molecule has 0 spiro atoms. The zero-order valence-corrected chi connectivity index (χ0v) is 17.8. The summed E-state index contributed by atoms with van der Waals surface area (Å²) in [5, 5.41) is 10.0. The number of aromatic nitrogens is 2. The average molecular weight is 428 g/mol. The first-order chi connectivity index (χ1) is 13.8. The van der Waals surface area contributed by atoms with Crippen molar-refractivity contribution in [3.05, 3.63) is 81.4 Å². The van der Waals surface area contributed by atoms with Gasteiger partial charge in [-0.25, -0.2) is 9.97 Å². The van der Waals surface area contributed by atoms with Crippen molar-refractivity contribution in [1.82, 2.24) is 9.97 Å². The first kappa shape index (κ1) is 20.9. The molecule has 0 bridgehead atoms. The van der Waals surface area contributed by atoms with Gasteiger partial charge in [-0.05, 0) is 53.1 Å². The van der Waals surface area contributed by atoms with E-state index in [9.17, 15) is 5.26 Å². The number of halogens is 2. The molecule has 0 aliphatic heterocycles. The van der Waals surface area contributed by atoms with Crippen molar-refractivity contribution >= 4 is 23.2 Å². The fraction of sp³-hybridized carbons (Fsp3) is 0.227. The van der Waals surface area contributed by atoms with E-state index in [1.54, 1.807) is 12.3 Å². The highest BCUT2D eigenvalue weighted by Crippen LogP contribution is 2.38. The van der Waals surface area contributed by atoms with E-state index in [1.165, 1.54) is 7.11 Å². The van der Waals surface area contributed by atoms with Crippen molar-refractivity contribution in [2.24, 2.45) is 0 Å². The molecular weight excluding hydrogens is 409 g/mol. The van der Waals surface area contributed by atoms with Crippen LogP contribution in [0.2, 0.25) is 10.3 Å². The maximum absolute atomic E-state index is 9.42. The van der Waals surface area contributed by atoms with Crippen molar-refractivity contribution in [2.75, 3.05) is 7.11 Å². The van der Waals surface area contributed by atoms with Crippen molar-refractivity contribution < 1.29 is 9.47 Å². The Labute approximate surface area is 179 Å². The maximum Gasteiger partial charge on any atom is 0.222 e. The van der Waals surface area contributed by atoms with E-state index < -0.39 is 0 Å². The normalized spacial score (nSPS) is 11.0. The smallest absolute Gasteiger partial charge is 0.222 e. The van der Waals surface area contributed by atoms with E-state index in [4.69, 9.17) is 32.7 Å². The van der Waals surface area contributed by atoms with Gasteiger partial charge in [0.05, 0.1) is 23.4 Å². The van der Waals surface area contributed by atoms with E-state index in [0.29, 0.717) is 34.4 Å². The summed E-state index contributed by atoms with van der Waals surface area (Å²) >= 11 is 12.1. The van der Waals surface area contributed by atoms with Gasteiger partial charge in [-0.3, -0.25) is 0 Å². The number of hydrogen-bond donors (Lipinski definition) is 0. The number of methoxy groups -OCH3 is 1. The SMILES string of the molecule is COc1c(Cl)cc(C(C)(C)c2ccc(OCc3ccnc(Cl)n3)cc2)cc1C#N. The molecule has 0 aliphatic carbocycles. The number of nitrogens with zero attached hydrogens (tertiary/aromatic N) is 3. The molecule has 0 unspecified atom stereocenters. The van der Waals surface area contributed by atoms with Gasteiger partial charge in [-0.15, -0.1) is 0 Å². The predicted octanol–water partition coefficient (Wildman–Crippen LogP) is 5.57. The minimum Gasteiger partial charge on any atom is -0.494 e. The zero-order chi connectivity index (χ0) is 21.0. The van der Waals surface area contributed by atoms with Crippen LogP contribution in [0.3, 0.4) is 0 Å². The predicted molar refractivity (Wildman–Crippen MR) is 113 cm³/mol. The van der Waals surface area contributed by atoms with Gasteiger partial charge in [-0.2, -0.15) is 5.26 Å². The Morgan fingerprint density at radius 3 is 2.41 bits per heavy atom. The van der Waals surface area contributed by atoms with Crippen LogP contribution in [0.1, 0.15) is 36.2 Å². The number of benzene rings is 2. The van der Waals surface area contributed by atoms with Crippen LogP contribution in [-0.4, -0.2) is 17.1 Å². The summed E-state index contributed by atoms with van der Waals surface area (Å²) in [6.07, 6.45) is 1.59. The molecule has 5 nitrogen and oxygen atoms in total. The quantitative estimate of drug-likeness (QED) is 0.481. The first-order valence-corrected chi connectivity index (χ1v) is 9.59. The fourth-order valence-corrected chi connectivity index (χ4v) is 3.45. The summed E-state index contributed by atoms with van der Waals surface area (Å²) in [4.78, 5) is 7.96. The van der Waals surface area contributed by atoms with Crippen LogP contribution >= 0.6 is 23.2 Å². The van der Waals surface area contributed by atoms with Gasteiger partial charge in [0.15, 0.2) is 5.75 Å².